The van der Waals surface area contributed by atoms with Gasteiger partial charge in [0.1, 0.15) is 0 Å². The van der Waals surface area contributed by atoms with Crippen LogP contribution in [0.2, 0.25) is 0 Å². The molecule has 21 heavy (non-hydrogen) atoms. The molecule has 0 saturated heterocycles. The molecule has 1 aromatic carbocycles. The van der Waals surface area contributed by atoms with Crippen LogP contribution >= 0.6 is 0 Å². The van der Waals surface area contributed by atoms with Crippen molar-refractivity contribution in [1.82, 2.24) is 9.62 Å². The maximum atomic E-state index is 12.9. The lowest BCUT2D eigenvalue weighted by Gasteiger charge is -2.27. The van der Waals surface area contributed by atoms with Gasteiger partial charge in [-0.2, -0.15) is 4.31 Å². The molecule has 1 N–H and O–H groups in total. The molecule has 0 aliphatic carbocycles. The number of sulfonamides is 1. The molecule has 0 fully saturated rings. The molecule has 1 atom stereocenters. The minimum atomic E-state index is -3.40. The molecule has 0 amide bonds. The lowest BCUT2D eigenvalue weighted by molar-refractivity contribution is 0.324. The summed E-state index contributed by atoms with van der Waals surface area (Å²) in [5, 5.41) is 3.26. The van der Waals surface area contributed by atoms with Crippen molar-refractivity contribution in [2.24, 2.45) is 0 Å². The average Bonchev–Trinajstić information content (AvgIpc) is 2.94. The monoisotopic (exact) mass is 310 g/mol. The van der Waals surface area contributed by atoms with Gasteiger partial charge in [0.05, 0.1) is 4.90 Å². The molecule has 118 valence electrons. The Labute approximate surface area is 128 Å². The van der Waals surface area contributed by atoms with Crippen LogP contribution < -0.4 is 5.32 Å². The number of nitrogens with one attached hydrogen (secondary N) is 1. The molecule has 1 unspecified atom stereocenters. The Morgan fingerprint density at radius 1 is 1.24 bits per heavy atom. The van der Waals surface area contributed by atoms with E-state index in [4.69, 9.17) is 0 Å². The van der Waals surface area contributed by atoms with Gasteiger partial charge in [-0.1, -0.05) is 26.3 Å². The number of nitrogens with zero attached hydrogens (tertiary/aromatic N) is 1. The molecular weight excluding hydrogens is 284 g/mol. The lowest BCUT2D eigenvalue weighted by Crippen LogP contribution is -2.39. The van der Waals surface area contributed by atoms with Crippen molar-refractivity contribution in [2.45, 2.75) is 64.1 Å². The first kappa shape index (κ1) is 16.5. The second-order valence-corrected chi connectivity index (χ2v) is 7.65. The van der Waals surface area contributed by atoms with Crippen molar-refractivity contribution in [3.63, 3.8) is 0 Å². The van der Waals surface area contributed by atoms with Crippen molar-refractivity contribution < 1.29 is 8.42 Å². The zero-order chi connectivity index (χ0) is 15.5. The number of benzene rings is 1. The molecule has 0 bridgehead atoms. The van der Waals surface area contributed by atoms with Crippen molar-refractivity contribution in [1.29, 1.82) is 0 Å². The highest BCUT2D eigenvalue weighted by atomic mass is 32.2. The standard InChI is InChI=1S/C16H26N2O2S/c1-4-6-9-18(13(3)5-2)21(19,20)16-8-7-14-11-17-12-15(14)10-16/h7-8,10,13,17H,4-6,9,11-12H2,1-3H3. The third-order valence-corrected chi connectivity index (χ3v) is 6.24. The first-order valence-electron chi connectivity index (χ1n) is 7.85. The van der Waals surface area contributed by atoms with Gasteiger partial charge in [0.25, 0.3) is 0 Å². The topological polar surface area (TPSA) is 49.4 Å². The molecule has 0 aromatic heterocycles. The number of hydrogen-bond donors (Lipinski definition) is 1. The molecule has 1 heterocycles. The molecule has 5 heteroatoms. The van der Waals surface area contributed by atoms with Crippen LogP contribution in [0, 0.1) is 0 Å². The van der Waals surface area contributed by atoms with Gasteiger partial charge in [0, 0.05) is 25.7 Å². The van der Waals surface area contributed by atoms with Crippen LogP contribution in [0.3, 0.4) is 0 Å². The first-order valence-corrected chi connectivity index (χ1v) is 9.29. The number of fused-ring (bicyclic) bond motifs is 1. The number of rotatable bonds is 7. The number of unbranched alkanes of at least 4 members (excludes halogenated alkanes) is 1. The van der Waals surface area contributed by atoms with Crippen molar-refractivity contribution in [2.75, 3.05) is 6.54 Å². The van der Waals surface area contributed by atoms with Crippen LogP contribution in [0.4, 0.5) is 0 Å². The summed E-state index contributed by atoms with van der Waals surface area (Å²) < 4.78 is 27.6. The van der Waals surface area contributed by atoms with Gasteiger partial charge in [-0.3, -0.25) is 0 Å². The van der Waals surface area contributed by atoms with E-state index >= 15 is 0 Å². The van der Waals surface area contributed by atoms with Gasteiger partial charge in [-0.25, -0.2) is 8.42 Å². The molecule has 2 rings (SSSR count). The van der Waals surface area contributed by atoms with E-state index in [0.717, 1.165) is 37.9 Å². The van der Waals surface area contributed by atoms with E-state index < -0.39 is 10.0 Å². The maximum Gasteiger partial charge on any atom is 0.243 e. The second-order valence-electron chi connectivity index (χ2n) is 5.76. The van der Waals surface area contributed by atoms with Crippen molar-refractivity contribution >= 4 is 10.0 Å². The lowest BCUT2D eigenvalue weighted by atomic mass is 10.1. The van der Waals surface area contributed by atoms with E-state index in [2.05, 4.69) is 12.2 Å². The third-order valence-electron chi connectivity index (χ3n) is 4.23. The van der Waals surface area contributed by atoms with Crippen LogP contribution in [0.5, 0.6) is 0 Å². The summed E-state index contributed by atoms with van der Waals surface area (Å²) >= 11 is 0. The Bertz CT molecular complexity index is 584. The van der Waals surface area contributed by atoms with E-state index in [1.807, 2.05) is 26.0 Å². The molecule has 0 spiro atoms. The molecule has 0 radical (unpaired) electrons. The molecule has 1 aromatic rings. The summed E-state index contributed by atoms with van der Waals surface area (Å²) in [6.07, 6.45) is 2.72. The van der Waals surface area contributed by atoms with Gasteiger partial charge < -0.3 is 5.32 Å². The average molecular weight is 310 g/mol. The van der Waals surface area contributed by atoms with Gasteiger partial charge >= 0.3 is 0 Å². The minimum absolute atomic E-state index is 0.0351. The van der Waals surface area contributed by atoms with Crippen LogP contribution in [-0.4, -0.2) is 25.3 Å². The van der Waals surface area contributed by atoms with E-state index in [-0.39, 0.29) is 6.04 Å². The predicted octanol–water partition coefficient (Wildman–Crippen LogP) is 2.88. The van der Waals surface area contributed by atoms with Gasteiger partial charge in [-0.15, -0.1) is 0 Å². The molecule has 0 saturated carbocycles. The Morgan fingerprint density at radius 3 is 2.62 bits per heavy atom. The molecule has 1 aliphatic heterocycles. The Kier molecular flexibility index (Phi) is 5.41. The largest absolute Gasteiger partial charge is 0.309 e. The van der Waals surface area contributed by atoms with E-state index in [1.54, 1.807) is 10.4 Å². The highest BCUT2D eigenvalue weighted by Crippen LogP contribution is 2.24. The smallest absolute Gasteiger partial charge is 0.243 e. The highest BCUT2D eigenvalue weighted by Gasteiger charge is 2.28. The van der Waals surface area contributed by atoms with Crippen LogP contribution in [0.1, 0.15) is 51.2 Å². The SMILES string of the molecule is CCCCN(C(C)CC)S(=O)(=O)c1ccc2c(c1)CNC2. The van der Waals surface area contributed by atoms with Gasteiger partial charge in [0.2, 0.25) is 10.0 Å². The third kappa shape index (κ3) is 3.47. The zero-order valence-electron chi connectivity index (χ0n) is 13.2. The summed E-state index contributed by atoms with van der Waals surface area (Å²) in [5.74, 6) is 0. The van der Waals surface area contributed by atoms with Crippen molar-refractivity contribution in [3.05, 3.63) is 29.3 Å². The van der Waals surface area contributed by atoms with E-state index in [9.17, 15) is 8.42 Å². The fourth-order valence-corrected chi connectivity index (χ4v) is 4.46. The van der Waals surface area contributed by atoms with Gasteiger partial charge in [0.15, 0.2) is 0 Å². The van der Waals surface area contributed by atoms with Crippen LogP contribution in [0.25, 0.3) is 0 Å². The molecule has 4 nitrogen and oxygen atoms in total. The number of hydrogen-bond acceptors (Lipinski definition) is 3. The van der Waals surface area contributed by atoms with Crippen LogP contribution in [-0.2, 0) is 23.1 Å². The Morgan fingerprint density at radius 2 is 1.95 bits per heavy atom. The molecule has 1 aliphatic rings. The summed E-state index contributed by atoms with van der Waals surface area (Å²) in [4.78, 5) is 0.432. The van der Waals surface area contributed by atoms with Crippen LogP contribution in [0.15, 0.2) is 23.1 Å². The second kappa shape index (κ2) is 6.90. The maximum absolute atomic E-state index is 12.9. The predicted molar refractivity (Wildman–Crippen MR) is 85.5 cm³/mol. The minimum Gasteiger partial charge on any atom is -0.309 e. The first-order chi connectivity index (χ1) is 10.0. The summed E-state index contributed by atoms with van der Waals surface area (Å²) in [6.45, 7) is 8.30. The fourth-order valence-electron chi connectivity index (χ4n) is 2.66. The quantitative estimate of drug-likeness (QED) is 0.842. The Hall–Kier alpha value is -0.910. The summed E-state index contributed by atoms with van der Waals surface area (Å²) in [5.41, 5.74) is 2.31. The normalized spacial score (nSPS) is 16.2. The summed E-state index contributed by atoms with van der Waals surface area (Å²) in [6, 6.07) is 5.57. The zero-order valence-corrected chi connectivity index (χ0v) is 14.0. The Balaban J connectivity index is 2.33. The highest BCUT2D eigenvalue weighted by molar-refractivity contribution is 7.89. The van der Waals surface area contributed by atoms with Crippen molar-refractivity contribution in [3.8, 4) is 0 Å². The fraction of sp³-hybridized carbons (Fsp3) is 0.625. The summed E-state index contributed by atoms with van der Waals surface area (Å²) in [7, 11) is -3.40. The molecular formula is C16H26N2O2S. The van der Waals surface area contributed by atoms with E-state index in [0.29, 0.717) is 11.4 Å². The van der Waals surface area contributed by atoms with E-state index in [1.165, 1.54) is 5.56 Å². The van der Waals surface area contributed by atoms with Gasteiger partial charge in [-0.05, 0) is 43.0 Å².